The van der Waals surface area contributed by atoms with Gasteiger partial charge in [-0.15, -0.1) is 0 Å². The van der Waals surface area contributed by atoms with Gasteiger partial charge >= 0.3 is 11.9 Å². The van der Waals surface area contributed by atoms with Crippen LogP contribution < -0.4 is 4.74 Å². The van der Waals surface area contributed by atoms with Gasteiger partial charge in [0.1, 0.15) is 11.3 Å². The fraction of sp³-hybridized carbons (Fsp3) is 0.364. The number of hydrogen-bond acceptors (Lipinski definition) is 5. The number of cyclic esters (lactones) is 1. The van der Waals surface area contributed by atoms with Crippen LogP contribution in [-0.4, -0.2) is 27.3 Å². The van der Waals surface area contributed by atoms with Gasteiger partial charge in [-0.05, 0) is 12.1 Å². The van der Waals surface area contributed by atoms with Crippen LogP contribution in [0.15, 0.2) is 18.2 Å². The normalized spacial score (nSPS) is 16.8. The van der Waals surface area contributed by atoms with E-state index < -0.39 is 11.9 Å². The molecule has 5 heteroatoms. The van der Waals surface area contributed by atoms with E-state index in [0.717, 1.165) is 0 Å². The van der Waals surface area contributed by atoms with E-state index in [0.29, 0.717) is 16.9 Å². The number of methoxy groups -OCH3 is 3. The average molecular weight is 224 g/mol. The first kappa shape index (κ1) is 10.9. The molecular weight excluding hydrogens is 212 g/mol. The Morgan fingerprint density at radius 2 is 1.88 bits per heavy atom. The summed E-state index contributed by atoms with van der Waals surface area (Å²) in [6.07, 6.45) is 0. The quantitative estimate of drug-likeness (QED) is 0.571. The van der Waals surface area contributed by atoms with E-state index in [-0.39, 0.29) is 0 Å². The fourth-order valence-electron chi connectivity index (χ4n) is 1.79. The molecule has 0 radical (unpaired) electrons. The smallest absolute Gasteiger partial charge is 0.362 e. The first-order valence-electron chi connectivity index (χ1n) is 4.69. The highest BCUT2D eigenvalue weighted by Gasteiger charge is 2.49. The second kappa shape index (κ2) is 3.77. The predicted molar refractivity (Wildman–Crippen MR) is 54.1 cm³/mol. The van der Waals surface area contributed by atoms with Gasteiger partial charge in [0.15, 0.2) is 0 Å². The summed E-state index contributed by atoms with van der Waals surface area (Å²) in [5.74, 6) is -1.50. The van der Waals surface area contributed by atoms with Gasteiger partial charge < -0.3 is 18.9 Å². The molecule has 16 heavy (non-hydrogen) atoms. The van der Waals surface area contributed by atoms with Crippen molar-refractivity contribution in [3.05, 3.63) is 29.3 Å². The number of carbonyl (C=O) groups excluding carboxylic acids is 1. The lowest BCUT2D eigenvalue weighted by Crippen LogP contribution is -2.31. The third-order valence-corrected chi connectivity index (χ3v) is 2.54. The van der Waals surface area contributed by atoms with Gasteiger partial charge in [-0.1, -0.05) is 6.07 Å². The second-order valence-electron chi connectivity index (χ2n) is 3.24. The van der Waals surface area contributed by atoms with E-state index in [4.69, 9.17) is 18.9 Å². The Labute approximate surface area is 92.9 Å². The monoisotopic (exact) mass is 224 g/mol. The Balaban J connectivity index is 2.66. The minimum absolute atomic E-state index is 0.392. The Hall–Kier alpha value is -1.59. The van der Waals surface area contributed by atoms with Crippen molar-refractivity contribution in [2.45, 2.75) is 5.97 Å². The van der Waals surface area contributed by atoms with Gasteiger partial charge in [0, 0.05) is 14.2 Å². The van der Waals surface area contributed by atoms with Crippen LogP contribution in [0.4, 0.5) is 0 Å². The Morgan fingerprint density at radius 3 is 2.44 bits per heavy atom. The molecule has 1 aliphatic heterocycles. The van der Waals surface area contributed by atoms with E-state index >= 15 is 0 Å². The topological polar surface area (TPSA) is 54.0 Å². The van der Waals surface area contributed by atoms with Crippen molar-refractivity contribution in [3.63, 3.8) is 0 Å². The van der Waals surface area contributed by atoms with Crippen LogP contribution >= 0.6 is 0 Å². The van der Waals surface area contributed by atoms with Crippen molar-refractivity contribution in [2.24, 2.45) is 0 Å². The molecule has 0 spiro atoms. The first-order valence-corrected chi connectivity index (χ1v) is 4.69. The zero-order chi connectivity index (χ0) is 11.8. The van der Waals surface area contributed by atoms with E-state index in [1.165, 1.54) is 21.3 Å². The molecule has 86 valence electrons. The van der Waals surface area contributed by atoms with Crippen LogP contribution in [0.1, 0.15) is 15.9 Å². The van der Waals surface area contributed by atoms with Gasteiger partial charge in [-0.25, -0.2) is 4.79 Å². The molecule has 0 saturated heterocycles. The van der Waals surface area contributed by atoms with Crippen LogP contribution in [0.25, 0.3) is 0 Å². The number of ether oxygens (including phenoxy) is 4. The standard InChI is InChI=1S/C11H12O5/c1-13-8-6-4-5-7-9(8)11(14-2,15-3)16-10(7)12/h4-6H,1-3H3. The van der Waals surface area contributed by atoms with Crippen molar-refractivity contribution in [1.29, 1.82) is 0 Å². The van der Waals surface area contributed by atoms with E-state index in [2.05, 4.69) is 0 Å². The molecule has 1 aromatic carbocycles. The van der Waals surface area contributed by atoms with Crippen molar-refractivity contribution < 1.29 is 23.7 Å². The Bertz CT molecular complexity index is 422. The largest absolute Gasteiger partial charge is 0.496 e. The average Bonchev–Trinajstić information content (AvgIpc) is 2.63. The summed E-state index contributed by atoms with van der Waals surface area (Å²) in [6, 6.07) is 5.06. The highest BCUT2D eigenvalue weighted by Crippen LogP contribution is 2.42. The summed E-state index contributed by atoms with van der Waals surface area (Å²) in [6.45, 7) is 0. The third-order valence-electron chi connectivity index (χ3n) is 2.54. The van der Waals surface area contributed by atoms with Gasteiger partial charge in [0.05, 0.1) is 12.7 Å². The number of fused-ring (bicyclic) bond motifs is 1. The second-order valence-corrected chi connectivity index (χ2v) is 3.24. The number of carbonyl (C=O) groups is 1. The van der Waals surface area contributed by atoms with Gasteiger partial charge in [0.2, 0.25) is 0 Å². The SMILES string of the molecule is COc1cccc2c1C(OC)(OC)OC2=O. The van der Waals surface area contributed by atoms with E-state index in [1.54, 1.807) is 18.2 Å². The molecule has 0 aromatic heterocycles. The highest BCUT2D eigenvalue weighted by molar-refractivity contribution is 5.95. The summed E-state index contributed by atoms with van der Waals surface area (Å²) in [4.78, 5) is 11.6. The van der Waals surface area contributed by atoms with Crippen LogP contribution in [0.3, 0.4) is 0 Å². The van der Waals surface area contributed by atoms with E-state index in [1.807, 2.05) is 0 Å². The maximum absolute atomic E-state index is 11.6. The zero-order valence-electron chi connectivity index (χ0n) is 9.27. The summed E-state index contributed by atoms with van der Waals surface area (Å²) < 4.78 is 20.6. The molecule has 0 unspecified atom stereocenters. The molecule has 1 aliphatic rings. The van der Waals surface area contributed by atoms with E-state index in [9.17, 15) is 4.79 Å². The summed E-state index contributed by atoms with van der Waals surface area (Å²) in [5, 5.41) is 0. The van der Waals surface area contributed by atoms with Crippen LogP contribution in [-0.2, 0) is 20.2 Å². The molecule has 0 saturated carbocycles. The fourth-order valence-corrected chi connectivity index (χ4v) is 1.79. The van der Waals surface area contributed by atoms with Crippen molar-refractivity contribution >= 4 is 5.97 Å². The lowest BCUT2D eigenvalue weighted by molar-refractivity contribution is -0.341. The molecule has 0 N–H and O–H groups in total. The van der Waals surface area contributed by atoms with Crippen LogP contribution in [0.2, 0.25) is 0 Å². The summed E-state index contributed by atoms with van der Waals surface area (Å²) in [7, 11) is 4.31. The van der Waals surface area contributed by atoms with Gasteiger partial charge in [-0.3, -0.25) is 0 Å². The number of hydrogen-bond donors (Lipinski definition) is 0. The van der Waals surface area contributed by atoms with Gasteiger partial charge in [0.25, 0.3) is 0 Å². The van der Waals surface area contributed by atoms with Crippen LogP contribution in [0.5, 0.6) is 5.75 Å². The molecule has 0 bridgehead atoms. The lowest BCUT2D eigenvalue weighted by atomic mass is 10.1. The maximum atomic E-state index is 11.6. The molecule has 2 rings (SSSR count). The first-order chi connectivity index (χ1) is 7.68. The molecule has 1 aromatic rings. The molecule has 0 atom stereocenters. The Kier molecular flexibility index (Phi) is 2.57. The molecule has 1 heterocycles. The summed E-state index contributed by atoms with van der Waals surface area (Å²) in [5.41, 5.74) is 0.857. The van der Waals surface area contributed by atoms with Crippen molar-refractivity contribution in [2.75, 3.05) is 21.3 Å². The zero-order valence-corrected chi connectivity index (χ0v) is 9.27. The predicted octanol–water partition coefficient (Wildman–Crippen LogP) is 1.27. The number of benzene rings is 1. The van der Waals surface area contributed by atoms with Crippen LogP contribution in [0, 0.1) is 0 Å². The highest BCUT2D eigenvalue weighted by atomic mass is 16.9. The lowest BCUT2D eigenvalue weighted by Gasteiger charge is -2.25. The molecule has 5 nitrogen and oxygen atoms in total. The third kappa shape index (κ3) is 1.29. The Morgan fingerprint density at radius 1 is 1.19 bits per heavy atom. The minimum atomic E-state index is -1.50. The molecule has 0 aliphatic carbocycles. The molecule has 0 amide bonds. The van der Waals surface area contributed by atoms with Crippen molar-refractivity contribution in [3.8, 4) is 5.75 Å². The molecule has 0 fully saturated rings. The number of esters is 1. The minimum Gasteiger partial charge on any atom is -0.496 e. The molecular formula is C11H12O5. The summed E-state index contributed by atoms with van der Waals surface area (Å²) >= 11 is 0. The number of rotatable bonds is 3. The maximum Gasteiger partial charge on any atom is 0.362 e. The van der Waals surface area contributed by atoms with Gasteiger partial charge in [-0.2, -0.15) is 0 Å². The van der Waals surface area contributed by atoms with Crippen molar-refractivity contribution in [1.82, 2.24) is 0 Å².